The maximum Gasteiger partial charge on any atom is 0.246 e. The number of hydrogen-bond acceptors (Lipinski definition) is 3. The molecule has 2 rings (SSSR count). The molecule has 0 radical (unpaired) electrons. The van der Waals surface area contributed by atoms with Crippen molar-refractivity contribution in [1.82, 2.24) is 10.6 Å². The summed E-state index contributed by atoms with van der Waals surface area (Å²) in [4.78, 5) is 34.9. The summed E-state index contributed by atoms with van der Waals surface area (Å²) in [5.41, 5.74) is 1.77. The van der Waals surface area contributed by atoms with Crippen LogP contribution in [0.5, 0.6) is 0 Å². The first-order chi connectivity index (χ1) is 10.5. The first-order valence-corrected chi connectivity index (χ1v) is 7.58. The van der Waals surface area contributed by atoms with Crippen LogP contribution in [0.15, 0.2) is 35.3 Å². The molecule has 3 amide bonds. The van der Waals surface area contributed by atoms with Gasteiger partial charge in [-0.05, 0) is 42.7 Å². The Balaban J connectivity index is 1.97. The molecule has 0 spiro atoms. The molecule has 1 aliphatic heterocycles. The number of amides is 3. The van der Waals surface area contributed by atoms with Crippen molar-refractivity contribution in [3.63, 3.8) is 0 Å². The Morgan fingerprint density at radius 3 is 2.95 bits per heavy atom. The lowest BCUT2D eigenvalue weighted by Crippen LogP contribution is -2.46. The second kappa shape index (κ2) is 7.22. The highest BCUT2D eigenvalue weighted by molar-refractivity contribution is 9.10. The summed E-state index contributed by atoms with van der Waals surface area (Å²) in [6.45, 7) is 3.11. The average molecular weight is 366 g/mol. The van der Waals surface area contributed by atoms with Gasteiger partial charge in [0, 0.05) is 10.2 Å². The number of hydrogen-bond donors (Lipinski definition) is 3. The molecular weight excluding hydrogens is 350 g/mol. The Kier molecular flexibility index (Phi) is 5.32. The molecule has 0 bridgehead atoms. The van der Waals surface area contributed by atoms with Gasteiger partial charge in [-0.2, -0.15) is 0 Å². The average Bonchev–Trinajstić information content (AvgIpc) is 2.64. The third kappa shape index (κ3) is 4.17. The molecule has 0 saturated carbocycles. The van der Waals surface area contributed by atoms with Crippen molar-refractivity contribution in [3.8, 4) is 0 Å². The molecule has 7 heteroatoms. The molecule has 1 atom stereocenters. The molecule has 0 aromatic heterocycles. The topological polar surface area (TPSA) is 87.3 Å². The maximum absolute atomic E-state index is 12.2. The van der Waals surface area contributed by atoms with E-state index in [2.05, 4.69) is 38.5 Å². The molecule has 1 heterocycles. The van der Waals surface area contributed by atoms with E-state index in [1.165, 1.54) is 0 Å². The molecule has 0 fully saturated rings. The Bertz CT molecular complexity index is 630. The van der Waals surface area contributed by atoms with Crippen molar-refractivity contribution in [2.45, 2.75) is 18.9 Å². The highest BCUT2D eigenvalue weighted by atomic mass is 79.9. The van der Waals surface area contributed by atoms with Crippen LogP contribution in [0.3, 0.4) is 0 Å². The molecule has 1 unspecified atom stereocenters. The van der Waals surface area contributed by atoms with Gasteiger partial charge in [0.15, 0.2) is 0 Å². The van der Waals surface area contributed by atoms with Crippen LogP contribution < -0.4 is 16.0 Å². The van der Waals surface area contributed by atoms with E-state index < -0.39 is 17.9 Å². The van der Waals surface area contributed by atoms with Crippen molar-refractivity contribution in [1.29, 1.82) is 0 Å². The molecule has 1 aliphatic rings. The summed E-state index contributed by atoms with van der Waals surface area (Å²) >= 11 is 3.40. The molecule has 0 aliphatic carbocycles. The summed E-state index contributed by atoms with van der Waals surface area (Å²) in [7, 11) is 0. The van der Waals surface area contributed by atoms with Gasteiger partial charge in [0.2, 0.25) is 17.7 Å². The van der Waals surface area contributed by atoms with Crippen LogP contribution >= 0.6 is 15.9 Å². The summed E-state index contributed by atoms with van der Waals surface area (Å²) in [6.07, 6.45) is 2.24. The minimum Gasteiger partial charge on any atom is -0.344 e. The highest BCUT2D eigenvalue weighted by Gasteiger charge is 2.25. The molecule has 1 aromatic rings. The van der Waals surface area contributed by atoms with Crippen LogP contribution in [0, 0.1) is 0 Å². The lowest BCUT2D eigenvalue weighted by atomic mass is 10.1. The van der Waals surface area contributed by atoms with Gasteiger partial charge < -0.3 is 16.0 Å². The van der Waals surface area contributed by atoms with Crippen LogP contribution in [0.25, 0.3) is 0 Å². The Morgan fingerprint density at radius 1 is 1.45 bits per heavy atom. The molecule has 22 heavy (non-hydrogen) atoms. The van der Waals surface area contributed by atoms with Crippen molar-refractivity contribution >= 4 is 39.3 Å². The highest BCUT2D eigenvalue weighted by Crippen LogP contribution is 2.25. The zero-order valence-corrected chi connectivity index (χ0v) is 13.4. The predicted octanol–water partition coefficient (Wildman–Crippen LogP) is 1.12. The minimum absolute atomic E-state index is 0.187. The van der Waals surface area contributed by atoms with E-state index in [1.54, 1.807) is 0 Å². The molecule has 0 saturated heterocycles. The Labute approximate surface area is 136 Å². The van der Waals surface area contributed by atoms with Crippen LogP contribution in [0.4, 0.5) is 5.69 Å². The van der Waals surface area contributed by atoms with E-state index in [4.69, 9.17) is 0 Å². The number of carbonyl (C=O) groups is 3. The summed E-state index contributed by atoms with van der Waals surface area (Å²) in [5, 5.41) is 7.80. The number of aryl methyl sites for hydroxylation is 1. The number of anilines is 1. The second-order valence-electron chi connectivity index (χ2n) is 4.87. The molecule has 6 nitrogen and oxygen atoms in total. The largest absolute Gasteiger partial charge is 0.344 e. The van der Waals surface area contributed by atoms with Gasteiger partial charge in [0.1, 0.15) is 6.04 Å². The van der Waals surface area contributed by atoms with Crippen LogP contribution in [0.2, 0.25) is 0 Å². The van der Waals surface area contributed by atoms with Gasteiger partial charge in [0.05, 0.1) is 6.54 Å². The van der Waals surface area contributed by atoms with Crippen molar-refractivity contribution in [2.24, 2.45) is 0 Å². The number of benzene rings is 1. The van der Waals surface area contributed by atoms with Crippen molar-refractivity contribution < 1.29 is 14.4 Å². The van der Waals surface area contributed by atoms with Gasteiger partial charge in [-0.1, -0.05) is 22.5 Å². The summed E-state index contributed by atoms with van der Waals surface area (Å²) in [5.74, 6) is -1.11. The van der Waals surface area contributed by atoms with Gasteiger partial charge in [-0.25, -0.2) is 0 Å². The third-order valence-electron chi connectivity index (χ3n) is 3.29. The Morgan fingerprint density at radius 2 is 2.23 bits per heavy atom. The normalized spacial score (nSPS) is 16.8. The number of rotatable bonds is 4. The lowest BCUT2D eigenvalue weighted by molar-refractivity contribution is -0.127. The maximum atomic E-state index is 12.2. The van der Waals surface area contributed by atoms with Crippen molar-refractivity contribution in [3.05, 3.63) is 40.9 Å². The number of nitrogens with one attached hydrogen (secondary N) is 3. The van der Waals surface area contributed by atoms with Gasteiger partial charge in [-0.3, -0.25) is 14.4 Å². The van der Waals surface area contributed by atoms with Gasteiger partial charge in [0.25, 0.3) is 0 Å². The standard InChI is InChI=1S/C15H16BrN3O3/c1-2-13(20)17-8-14(21)18-12-5-3-9-7-10(16)4-6-11(9)19-15(12)22/h2,4,6-7,12H,1,3,5,8H2,(H,17,20)(H,18,21)(H,19,22). The zero-order chi connectivity index (χ0) is 16.1. The predicted molar refractivity (Wildman–Crippen MR) is 86.2 cm³/mol. The number of carbonyl (C=O) groups excluding carboxylic acids is 3. The number of halogens is 1. The third-order valence-corrected chi connectivity index (χ3v) is 3.78. The second-order valence-corrected chi connectivity index (χ2v) is 5.79. The first-order valence-electron chi connectivity index (χ1n) is 6.78. The van der Waals surface area contributed by atoms with Crippen molar-refractivity contribution in [2.75, 3.05) is 11.9 Å². The van der Waals surface area contributed by atoms with Gasteiger partial charge >= 0.3 is 0 Å². The molecule has 116 valence electrons. The van der Waals surface area contributed by atoms with E-state index in [0.29, 0.717) is 12.8 Å². The van der Waals surface area contributed by atoms with E-state index >= 15 is 0 Å². The number of fused-ring (bicyclic) bond motifs is 1. The van der Waals surface area contributed by atoms with E-state index in [0.717, 1.165) is 21.8 Å². The lowest BCUT2D eigenvalue weighted by Gasteiger charge is -2.15. The summed E-state index contributed by atoms with van der Waals surface area (Å²) < 4.78 is 0.940. The van der Waals surface area contributed by atoms with Gasteiger partial charge in [-0.15, -0.1) is 0 Å². The quantitative estimate of drug-likeness (QED) is 0.698. The SMILES string of the molecule is C=CC(=O)NCC(=O)NC1CCc2cc(Br)ccc2NC1=O. The summed E-state index contributed by atoms with van der Waals surface area (Å²) in [6, 6.07) is 5.00. The van der Waals surface area contributed by atoms with E-state index in [1.807, 2.05) is 18.2 Å². The monoisotopic (exact) mass is 365 g/mol. The molecule has 1 aromatic carbocycles. The fraction of sp³-hybridized carbons (Fsp3) is 0.267. The van der Waals surface area contributed by atoms with Crippen LogP contribution in [0.1, 0.15) is 12.0 Å². The Hall–Kier alpha value is -2.15. The fourth-order valence-corrected chi connectivity index (χ4v) is 2.57. The van der Waals surface area contributed by atoms with E-state index in [-0.39, 0.29) is 12.5 Å². The molecular formula is C15H16BrN3O3. The van der Waals surface area contributed by atoms with Crippen LogP contribution in [-0.2, 0) is 20.8 Å². The first kappa shape index (κ1) is 16.2. The van der Waals surface area contributed by atoms with E-state index in [9.17, 15) is 14.4 Å². The smallest absolute Gasteiger partial charge is 0.246 e. The minimum atomic E-state index is -0.626. The van der Waals surface area contributed by atoms with Crippen LogP contribution in [-0.4, -0.2) is 30.3 Å². The zero-order valence-electron chi connectivity index (χ0n) is 11.8. The molecule has 3 N–H and O–H groups in total. The fourth-order valence-electron chi connectivity index (χ4n) is 2.16.